The van der Waals surface area contributed by atoms with E-state index >= 15 is 0 Å². The Hall–Kier alpha value is -1.77. The third-order valence-electron chi connectivity index (χ3n) is 4.75. The number of nitrogens with one attached hydrogen (secondary N) is 1. The zero-order chi connectivity index (χ0) is 18.0. The van der Waals surface area contributed by atoms with Gasteiger partial charge >= 0.3 is 0 Å². The smallest absolute Gasteiger partial charge is 0.284 e. The lowest BCUT2D eigenvalue weighted by Crippen LogP contribution is -2.41. The van der Waals surface area contributed by atoms with Crippen LogP contribution in [0.4, 0.5) is 10.5 Å². The van der Waals surface area contributed by atoms with Crippen LogP contribution in [0.2, 0.25) is 0 Å². The van der Waals surface area contributed by atoms with E-state index < -0.39 is 6.04 Å². The predicted octanol–water partition coefficient (Wildman–Crippen LogP) is 3.47. The minimum Gasteiger partial charge on any atom is -0.324 e. The SMILES string of the molecule is O=C1CCCCC(=O)C(N2Cc3cc(NC(=O)I)ccc3C2=O)CC1. The fraction of sp³-hybridized carbons (Fsp3) is 0.444. The molecular formula is C18H19IN2O4. The number of hydrogen-bond acceptors (Lipinski definition) is 4. The Labute approximate surface area is 159 Å². The van der Waals surface area contributed by atoms with Gasteiger partial charge in [0.25, 0.3) is 9.82 Å². The Bertz CT molecular complexity index is 747. The third kappa shape index (κ3) is 4.08. The first-order valence-electron chi connectivity index (χ1n) is 8.40. The zero-order valence-corrected chi connectivity index (χ0v) is 15.9. The number of carbonyl (C=O) groups is 4. The monoisotopic (exact) mass is 454 g/mol. The Morgan fingerprint density at radius 2 is 1.88 bits per heavy atom. The lowest BCUT2D eigenvalue weighted by Gasteiger charge is -2.26. The molecule has 0 bridgehead atoms. The molecule has 1 unspecified atom stereocenters. The van der Waals surface area contributed by atoms with Crippen molar-refractivity contribution in [3.63, 3.8) is 0 Å². The average molecular weight is 454 g/mol. The van der Waals surface area contributed by atoms with Crippen LogP contribution in [0.3, 0.4) is 0 Å². The van der Waals surface area contributed by atoms with Crippen LogP contribution in [0.25, 0.3) is 0 Å². The number of ketones is 2. The number of Topliss-reactive ketones (excluding diaryl/α,β-unsaturated/α-hetero) is 2. The summed E-state index contributed by atoms with van der Waals surface area (Å²) in [4.78, 5) is 49.9. The van der Waals surface area contributed by atoms with E-state index in [0.717, 1.165) is 12.0 Å². The van der Waals surface area contributed by atoms with E-state index in [2.05, 4.69) is 5.32 Å². The zero-order valence-electron chi connectivity index (χ0n) is 13.7. The van der Waals surface area contributed by atoms with Crippen LogP contribution in [0.15, 0.2) is 18.2 Å². The van der Waals surface area contributed by atoms with Crippen molar-refractivity contribution in [3.05, 3.63) is 29.3 Å². The van der Waals surface area contributed by atoms with Gasteiger partial charge in [-0.2, -0.15) is 0 Å². The second-order valence-electron chi connectivity index (χ2n) is 6.47. The van der Waals surface area contributed by atoms with Gasteiger partial charge in [0.05, 0.1) is 6.04 Å². The molecule has 1 N–H and O–H groups in total. The Morgan fingerprint density at radius 1 is 1.12 bits per heavy atom. The second kappa shape index (κ2) is 7.63. The van der Waals surface area contributed by atoms with Gasteiger partial charge in [-0.15, -0.1) is 0 Å². The highest BCUT2D eigenvalue weighted by Crippen LogP contribution is 2.30. The average Bonchev–Trinajstić information content (AvgIpc) is 2.90. The van der Waals surface area contributed by atoms with Crippen molar-refractivity contribution in [1.29, 1.82) is 0 Å². The summed E-state index contributed by atoms with van der Waals surface area (Å²) < 4.78 is -0.205. The number of fused-ring (bicyclic) bond motifs is 1. The fourth-order valence-electron chi connectivity index (χ4n) is 3.49. The van der Waals surface area contributed by atoms with E-state index in [1.54, 1.807) is 45.7 Å². The molecule has 1 heterocycles. The molecule has 7 heteroatoms. The molecule has 6 nitrogen and oxygen atoms in total. The molecule has 132 valence electrons. The minimum atomic E-state index is -0.537. The van der Waals surface area contributed by atoms with E-state index in [4.69, 9.17) is 0 Å². The molecule has 0 radical (unpaired) electrons. The molecule has 25 heavy (non-hydrogen) atoms. The summed E-state index contributed by atoms with van der Waals surface area (Å²) in [7, 11) is 0. The number of rotatable bonds is 2. The van der Waals surface area contributed by atoms with Gasteiger partial charge in [0.2, 0.25) is 0 Å². The van der Waals surface area contributed by atoms with Crippen LogP contribution < -0.4 is 5.32 Å². The van der Waals surface area contributed by atoms with Gasteiger partial charge in [-0.25, -0.2) is 0 Å². The largest absolute Gasteiger partial charge is 0.324 e. The maximum absolute atomic E-state index is 12.7. The van der Waals surface area contributed by atoms with E-state index in [-0.39, 0.29) is 21.4 Å². The van der Waals surface area contributed by atoms with Crippen molar-refractivity contribution in [3.8, 4) is 0 Å². The summed E-state index contributed by atoms with van der Waals surface area (Å²) in [5, 5.41) is 2.69. The molecule has 1 aliphatic heterocycles. The van der Waals surface area contributed by atoms with E-state index in [0.29, 0.717) is 49.9 Å². The lowest BCUT2D eigenvalue weighted by molar-refractivity contribution is -0.124. The molecule has 0 saturated heterocycles. The molecule has 1 atom stereocenters. The maximum atomic E-state index is 12.7. The summed E-state index contributed by atoms with van der Waals surface area (Å²) in [6, 6.07) is 4.61. The minimum absolute atomic E-state index is 0.0386. The number of anilines is 1. The summed E-state index contributed by atoms with van der Waals surface area (Å²) in [5.74, 6) is 0.0277. The fourth-order valence-corrected chi connectivity index (χ4v) is 3.80. The quantitative estimate of drug-likeness (QED) is 0.422. The normalized spacial score (nSPS) is 21.4. The first kappa shape index (κ1) is 18.0. The summed E-state index contributed by atoms with van der Waals surface area (Å²) in [6.45, 7) is 0.337. The Morgan fingerprint density at radius 3 is 2.64 bits per heavy atom. The molecule has 3 rings (SSSR count). The van der Waals surface area contributed by atoms with Crippen LogP contribution in [0.1, 0.15) is 54.4 Å². The van der Waals surface area contributed by atoms with Crippen molar-refractivity contribution in [2.75, 3.05) is 5.32 Å². The Balaban J connectivity index is 1.82. The topological polar surface area (TPSA) is 83.6 Å². The van der Waals surface area contributed by atoms with Crippen LogP contribution in [0.5, 0.6) is 0 Å². The van der Waals surface area contributed by atoms with Crippen LogP contribution in [0, 0.1) is 0 Å². The molecule has 1 aromatic rings. The van der Waals surface area contributed by atoms with Gasteiger partial charge in [-0.3, -0.25) is 19.2 Å². The Kier molecular flexibility index (Phi) is 5.51. The van der Waals surface area contributed by atoms with Gasteiger partial charge in [0.1, 0.15) is 5.78 Å². The third-order valence-corrected chi connectivity index (χ3v) is 5.02. The molecule has 1 aliphatic carbocycles. The molecule has 1 aromatic carbocycles. The predicted molar refractivity (Wildman–Crippen MR) is 101 cm³/mol. The number of carbonyl (C=O) groups excluding carboxylic acids is 4. The molecule has 0 spiro atoms. The number of nitrogens with zero attached hydrogens (tertiary/aromatic N) is 1. The highest BCUT2D eigenvalue weighted by molar-refractivity contribution is 14.1. The summed E-state index contributed by atoms with van der Waals surface area (Å²) >= 11 is 1.65. The van der Waals surface area contributed by atoms with Gasteiger partial charge in [0, 0.05) is 59.6 Å². The van der Waals surface area contributed by atoms with Crippen molar-refractivity contribution < 1.29 is 19.2 Å². The number of amides is 2. The van der Waals surface area contributed by atoms with Gasteiger partial charge in [0.15, 0.2) is 5.78 Å². The van der Waals surface area contributed by atoms with E-state index in [9.17, 15) is 19.2 Å². The van der Waals surface area contributed by atoms with Crippen LogP contribution in [-0.4, -0.2) is 32.3 Å². The first-order valence-corrected chi connectivity index (χ1v) is 9.48. The lowest BCUT2D eigenvalue weighted by atomic mass is 10.0. The summed E-state index contributed by atoms with van der Waals surface area (Å²) in [5.41, 5.74) is 1.99. The van der Waals surface area contributed by atoms with E-state index in [1.807, 2.05) is 0 Å². The molecule has 1 saturated carbocycles. The van der Waals surface area contributed by atoms with Gasteiger partial charge in [-0.1, -0.05) is 0 Å². The number of halogens is 1. The highest BCUT2D eigenvalue weighted by atomic mass is 127. The molecule has 2 aliphatic rings. The molecule has 0 aromatic heterocycles. The van der Waals surface area contributed by atoms with Crippen molar-refractivity contribution in [2.45, 2.75) is 51.1 Å². The standard InChI is InChI=1S/C18H19IN2O4/c19-18(25)20-12-5-7-14-11(9-12)10-21(17(14)24)15-8-6-13(22)3-1-2-4-16(15)23/h5,7,9,15H,1-4,6,8,10H2,(H,20,25). The highest BCUT2D eigenvalue weighted by Gasteiger charge is 2.36. The molecule has 2 amide bonds. The molecular weight excluding hydrogens is 435 g/mol. The van der Waals surface area contributed by atoms with Gasteiger partial charge < -0.3 is 10.2 Å². The van der Waals surface area contributed by atoms with Crippen molar-refractivity contribution in [2.24, 2.45) is 0 Å². The van der Waals surface area contributed by atoms with Crippen molar-refractivity contribution in [1.82, 2.24) is 4.90 Å². The van der Waals surface area contributed by atoms with Crippen LogP contribution in [-0.2, 0) is 16.1 Å². The van der Waals surface area contributed by atoms with Crippen molar-refractivity contribution >= 4 is 49.7 Å². The summed E-state index contributed by atoms with van der Waals surface area (Å²) in [6.07, 6.45) is 3.11. The van der Waals surface area contributed by atoms with Crippen LogP contribution >= 0.6 is 22.6 Å². The second-order valence-corrected chi connectivity index (χ2v) is 7.45. The number of hydrogen-bond donors (Lipinski definition) is 1. The first-order chi connectivity index (χ1) is 12.0. The number of benzene rings is 1. The maximum Gasteiger partial charge on any atom is 0.284 e. The van der Waals surface area contributed by atoms with Gasteiger partial charge in [-0.05, 0) is 43.0 Å². The molecule has 1 fully saturated rings. The van der Waals surface area contributed by atoms with E-state index in [1.165, 1.54) is 0 Å².